The Morgan fingerprint density at radius 3 is 2.12 bits per heavy atom. The Morgan fingerprint density at radius 2 is 1.48 bits per heavy atom. The van der Waals surface area contributed by atoms with Crippen LogP contribution in [0.5, 0.6) is 11.5 Å². The maximum atomic E-state index is 12.4. The highest BCUT2D eigenvalue weighted by atomic mass is 16.5. The monoisotopic (exact) mass is 333 g/mol. The van der Waals surface area contributed by atoms with Crippen molar-refractivity contribution < 1.29 is 19.1 Å². The third kappa shape index (κ3) is 3.90. The SMILES string of the molecule is CC(=O)Oc1cccc(OC(=O)c2ccccc2)c1-c1ccccn1. The molecule has 0 radical (unpaired) electrons. The highest BCUT2D eigenvalue weighted by Gasteiger charge is 2.18. The van der Waals surface area contributed by atoms with E-state index in [9.17, 15) is 9.59 Å². The van der Waals surface area contributed by atoms with Crippen LogP contribution in [0.4, 0.5) is 0 Å². The van der Waals surface area contributed by atoms with Gasteiger partial charge in [0.1, 0.15) is 11.5 Å². The molecule has 0 N–H and O–H groups in total. The van der Waals surface area contributed by atoms with Gasteiger partial charge in [-0.05, 0) is 36.4 Å². The largest absolute Gasteiger partial charge is 0.426 e. The number of carbonyl (C=O) groups excluding carboxylic acids is 2. The minimum absolute atomic E-state index is 0.270. The molecule has 0 aliphatic carbocycles. The molecule has 0 unspecified atom stereocenters. The maximum absolute atomic E-state index is 12.4. The van der Waals surface area contributed by atoms with E-state index in [0.717, 1.165) is 0 Å². The molecule has 1 heterocycles. The van der Waals surface area contributed by atoms with Gasteiger partial charge in [0.25, 0.3) is 0 Å². The Balaban J connectivity index is 2.04. The second kappa shape index (κ2) is 7.40. The molecule has 0 amide bonds. The summed E-state index contributed by atoms with van der Waals surface area (Å²) in [6.45, 7) is 1.31. The summed E-state index contributed by atoms with van der Waals surface area (Å²) in [5, 5.41) is 0. The second-order valence-electron chi connectivity index (χ2n) is 5.19. The predicted molar refractivity (Wildman–Crippen MR) is 92.4 cm³/mol. The first-order valence-corrected chi connectivity index (χ1v) is 7.65. The Labute approximate surface area is 144 Å². The highest BCUT2D eigenvalue weighted by Crippen LogP contribution is 2.37. The van der Waals surface area contributed by atoms with Gasteiger partial charge in [-0.1, -0.05) is 30.3 Å². The van der Waals surface area contributed by atoms with Gasteiger partial charge in [0.05, 0.1) is 16.8 Å². The second-order valence-corrected chi connectivity index (χ2v) is 5.19. The summed E-state index contributed by atoms with van der Waals surface area (Å²) >= 11 is 0. The zero-order valence-corrected chi connectivity index (χ0v) is 13.5. The van der Waals surface area contributed by atoms with E-state index >= 15 is 0 Å². The van der Waals surface area contributed by atoms with Crippen molar-refractivity contribution in [3.63, 3.8) is 0 Å². The van der Waals surface area contributed by atoms with Crippen LogP contribution < -0.4 is 9.47 Å². The van der Waals surface area contributed by atoms with E-state index in [1.165, 1.54) is 6.92 Å². The normalized spacial score (nSPS) is 10.1. The molecule has 124 valence electrons. The van der Waals surface area contributed by atoms with E-state index in [0.29, 0.717) is 16.8 Å². The Kier molecular flexibility index (Phi) is 4.85. The van der Waals surface area contributed by atoms with Crippen LogP contribution in [0.3, 0.4) is 0 Å². The third-order valence-corrected chi connectivity index (χ3v) is 3.37. The molecule has 0 saturated carbocycles. The molecular formula is C20H15NO4. The molecule has 3 rings (SSSR count). The lowest BCUT2D eigenvalue weighted by Gasteiger charge is -2.13. The fraction of sp³-hybridized carbons (Fsp3) is 0.0500. The van der Waals surface area contributed by atoms with Crippen LogP contribution in [0, 0.1) is 0 Å². The summed E-state index contributed by atoms with van der Waals surface area (Å²) in [6.07, 6.45) is 1.61. The number of nitrogens with zero attached hydrogens (tertiary/aromatic N) is 1. The molecule has 2 aromatic carbocycles. The van der Waals surface area contributed by atoms with Crippen molar-refractivity contribution in [3.05, 3.63) is 78.5 Å². The first-order chi connectivity index (χ1) is 12.1. The van der Waals surface area contributed by atoms with E-state index in [-0.39, 0.29) is 11.5 Å². The molecule has 0 atom stereocenters. The van der Waals surface area contributed by atoms with Crippen LogP contribution in [-0.4, -0.2) is 16.9 Å². The quantitative estimate of drug-likeness (QED) is 0.535. The summed E-state index contributed by atoms with van der Waals surface area (Å²) in [7, 11) is 0. The average Bonchev–Trinajstić information content (AvgIpc) is 2.63. The van der Waals surface area contributed by atoms with Crippen molar-refractivity contribution in [1.82, 2.24) is 4.98 Å². The number of rotatable bonds is 4. The van der Waals surface area contributed by atoms with E-state index < -0.39 is 11.9 Å². The van der Waals surface area contributed by atoms with Gasteiger partial charge < -0.3 is 9.47 Å². The van der Waals surface area contributed by atoms with E-state index in [1.807, 2.05) is 6.07 Å². The van der Waals surface area contributed by atoms with Gasteiger partial charge in [0.15, 0.2) is 0 Å². The van der Waals surface area contributed by atoms with Gasteiger partial charge in [-0.3, -0.25) is 9.78 Å². The van der Waals surface area contributed by atoms with E-state index in [1.54, 1.807) is 66.9 Å². The molecule has 0 bridgehead atoms. The first-order valence-electron chi connectivity index (χ1n) is 7.65. The summed E-state index contributed by atoms with van der Waals surface area (Å²) in [5.41, 5.74) is 1.41. The number of hydrogen-bond donors (Lipinski definition) is 0. The fourth-order valence-electron chi connectivity index (χ4n) is 2.33. The van der Waals surface area contributed by atoms with Crippen LogP contribution >= 0.6 is 0 Å². The molecule has 3 aromatic rings. The van der Waals surface area contributed by atoms with Crippen LogP contribution in [0.1, 0.15) is 17.3 Å². The van der Waals surface area contributed by atoms with Crippen molar-refractivity contribution >= 4 is 11.9 Å². The maximum Gasteiger partial charge on any atom is 0.343 e. The Bertz CT molecular complexity index is 892. The van der Waals surface area contributed by atoms with Crippen LogP contribution in [0.25, 0.3) is 11.3 Å². The van der Waals surface area contributed by atoms with E-state index in [2.05, 4.69) is 4.98 Å². The number of esters is 2. The van der Waals surface area contributed by atoms with Crippen molar-refractivity contribution in [1.29, 1.82) is 0 Å². The smallest absolute Gasteiger partial charge is 0.343 e. The minimum atomic E-state index is -0.502. The first kappa shape index (κ1) is 16.4. The van der Waals surface area contributed by atoms with Gasteiger partial charge in [0.2, 0.25) is 0 Å². The van der Waals surface area contributed by atoms with Gasteiger partial charge in [0, 0.05) is 13.1 Å². The molecule has 5 nitrogen and oxygen atoms in total. The standard InChI is InChI=1S/C20H15NO4/c1-14(22)24-17-11-7-12-18(19(17)16-10-5-6-13-21-16)25-20(23)15-8-3-2-4-9-15/h2-13H,1H3. The molecule has 0 aliphatic heterocycles. The minimum Gasteiger partial charge on any atom is -0.426 e. The number of benzene rings is 2. The lowest BCUT2D eigenvalue weighted by Crippen LogP contribution is -2.10. The van der Waals surface area contributed by atoms with Gasteiger partial charge in [-0.15, -0.1) is 0 Å². The molecular weight excluding hydrogens is 318 g/mol. The number of hydrogen-bond acceptors (Lipinski definition) is 5. The summed E-state index contributed by atoms with van der Waals surface area (Å²) in [6, 6.07) is 18.9. The van der Waals surface area contributed by atoms with Gasteiger partial charge in [-0.25, -0.2) is 4.79 Å². The molecule has 0 aliphatic rings. The fourth-order valence-corrected chi connectivity index (χ4v) is 2.33. The van der Waals surface area contributed by atoms with Crippen molar-refractivity contribution in [2.45, 2.75) is 6.92 Å². The van der Waals surface area contributed by atoms with Crippen LogP contribution in [-0.2, 0) is 4.79 Å². The van der Waals surface area contributed by atoms with Gasteiger partial charge in [-0.2, -0.15) is 0 Å². The number of carbonyl (C=O) groups is 2. The highest BCUT2D eigenvalue weighted by molar-refractivity contribution is 5.92. The number of ether oxygens (including phenoxy) is 2. The van der Waals surface area contributed by atoms with E-state index in [4.69, 9.17) is 9.47 Å². The molecule has 0 spiro atoms. The lowest BCUT2D eigenvalue weighted by molar-refractivity contribution is -0.131. The van der Waals surface area contributed by atoms with Crippen molar-refractivity contribution in [3.8, 4) is 22.8 Å². The lowest BCUT2D eigenvalue weighted by atomic mass is 10.1. The predicted octanol–water partition coefficient (Wildman–Crippen LogP) is 3.89. The topological polar surface area (TPSA) is 65.5 Å². The summed E-state index contributed by atoms with van der Waals surface area (Å²) in [4.78, 5) is 28.1. The summed E-state index contributed by atoms with van der Waals surface area (Å²) in [5.74, 6) is -0.419. The van der Waals surface area contributed by atoms with Crippen molar-refractivity contribution in [2.75, 3.05) is 0 Å². The summed E-state index contributed by atoms with van der Waals surface area (Å²) < 4.78 is 10.8. The average molecular weight is 333 g/mol. The number of pyridine rings is 1. The molecule has 1 aromatic heterocycles. The van der Waals surface area contributed by atoms with Gasteiger partial charge >= 0.3 is 11.9 Å². The Morgan fingerprint density at radius 1 is 0.800 bits per heavy atom. The zero-order chi connectivity index (χ0) is 17.6. The number of aromatic nitrogens is 1. The Hall–Kier alpha value is -3.47. The molecule has 0 saturated heterocycles. The van der Waals surface area contributed by atoms with Crippen LogP contribution in [0.2, 0.25) is 0 Å². The molecule has 0 fully saturated rings. The van der Waals surface area contributed by atoms with Crippen molar-refractivity contribution in [2.24, 2.45) is 0 Å². The molecule has 25 heavy (non-hydrogen) atoms. The zero-order valence-electron chi connectivity index (χ0n) is 13.5. The third-order valence-electron chi connectivity index (χ3n) is 3.37. The van der Waals surface area contributed by atoms with Crippen LogP contribution in [0.15, 0.2) is 72.9 Å². The molecule has 5 heteroatoms.